The zero-order valence-electron chi connectivity index (χ0n) is 5.30. The monoisotopic (exact) mass is 161 g/mol. The molecule has 0 aromatic carbocycles. The van der Waals surface area contributed by atoms with Crippen LogP contribution in [0, 0.1) is 0 Å². The molecule has 0 saturated carbocycles. The van der Waals surface area contributed by atoms with E-state index < -0.39 is 0 Å². The largest absolute Gasteiger partial charge is 0.314 e. The second-order valence-corrected chi connectivity index (χ2v) is 5.17. The zero-order chi connectivity index (χ0) is 6.10. The molecule has 0 amide bonds. The van der Waals surface area contributed by atoms with Gasteiger partial charge >= 0.3 is 0 Å². The molecule has 52 valence electrons. The van der Waals surface area contributed by atoms with Crippen LogP contribution >= 0.6 is 23.5 Å². The van der Waals surface area contributed by atoms with E-state index >= 15 is 0 Å². The molecule has 0 aromatic rings. The molecule has 1 N–H and O–H groups in total. The van der Waals surface area contributed by atoms with E-state index in [1.807, 2.05) is 0 Å². The Hall–Kier alpha value is 0.660. The van der Waals surface area contributed by atoms with Crippen molar-refractivity contribution in [2.24, 2.45) is 0 Å². The fourth-order valence-electron chi connectivity index (χ4n) is 1.36. The maximum absolute atomic E-state index is 3.42. The summed E-state index contributed by atoms with van der Waals surface area (Å²) in [5, 5.41) is 5.29. The average molecular weight is 161 g/mol. The summed E-state index contributed by atoms with van der Waals surface area (Å²) >= 11 is 4.30. The van der Waals surface area contributed by atoms with Crippen LogP contribution in [-0.4, -0.2) is 35.1 Å². The molecule has 2 aliphatic heterocycles. The fraction of sp³-hybridized carbons (Fsp3) is 1.00. The van der Waals surface area contributed by atoms with Crippen molar-refractivity contribution in [1.29, 1.82) is 0 Å². The standard InChI is InChI=1S/C6H11NS2/c1-2-9-6-4-7-3-5(6)8-1/h5-7H,1-4H2. The number of hydrogen-bond acceptors (Lipinski definition) is 3. The smallest absolute Gasteiger partial charge is 0.0303 e. The Labute approximate surface area is 64.3 Å². The van der Waals surface area contributed by atoms with Crippen molar-refractivity contribution in [3.05, 3.63) is 0 Å². The van der Waals surface area contributed by atoms with Crippen molar-refractivity contribution >= 4 is 23.5 Å². The van der Waals surface area contributed by atoms with Crippen LogP contribution in [0.1, 0.15) is 0 Å². The molecule has 2 atom stereocenters. The highest BCUT2D eigenvalue weighted by molar-refractivity contribution is 8.07. The van der Waals surface area contributed by atoms with Gasteiger partial charge in [0.25, 0.3) is 0 Å². The van der Waals surface area contributed by atoms with E-state index in [0.717, 1.165) is 10.5 Å². The van der Waals surface area contributed by atoms with Crippen LogP contribution in [0.15, 0.2) is 0 Å². The summed E-state index contributed by atoms with van der Waals surface area (Å²) in [6.07, 6.45) is 0. The SMILES string of the molecule is C1CSC2CNCC2S1. The molecule has 0 spiro atoms. The third-order valence-corrected chi connectivity index (χ3v) is 5.01. The van der Waals surface area contributed by atoms with Gasteiger partial charge in [0, 0.05) is 35.1 Å². The van der Waals surface area contributed by atoms with E-state index in [4.69, 9.17) is 0 Å². The van der Waals surface area contributed by atoms with E-state index in [1.165, 1.54) is 24.6 Å². The molecule has 2 fully saturated rings. The van der Waals surface area contributed by atoms with Crippen LogP contribution in [0.3, 0.4) is 0 Å². The molecule has 0 aromatic heterocycles. The van der Waals surface area contributed by atoms with E-state index in [2.05, 4.69) is 28.8 Å². The molecular weight excluding hydrogens is 150 g/mol. The summed E-state index contributed by atoms with van der Waals surface area (Å²) in [7, 11) is 0. The minimum absolute atomic E-state index is 0.934. The Morgan fingerprint density at radius 2 is 1.56 bits per heavy atom. The lowest BCUT2D eigenvalue weighted by molar-refractivity contribution is 0.861. The predicted molar refractivity (Wildman–Crippen MR) is 45.4 cm³/mol. The van der Waals surface area contributed by atoms with E-state index in [-0.39, 0.29) is 0 Å². The number of hydrogen-bond donors (Lipinski definition) is 1. The van der Waals surface area contributed by atoms with Crippen LogP contribution in [0.2, 0.25) is 0 Å². The van der Waals surface area contributed by atoms with Gasteiger partial charge in [0.1, 0.15) is 0 Å². The third-order valence-electron chi connectivity index (χ3n) is 1.85. The lowest BCUT2D eigenvalue weighted by Crippen LogP contribution is -2.23. The predicted octanol–water partition coefficient (Wildman–Crippen LogP) is 0.807. The van der Waals surface area contributed by atoms with Crippen molar-refractivity contribution in [3.63, 3.8) is 0 Å². The Morgan fingerprint density at radius 1 is 1.00 bits per heavy atom. The van der Waals surface area contributed by atoms with Gasteiger partial charge in [0.2, 0.25) is 0 Å². The van der Waals surface area contributed by atoms with Crippen LogP contribution < -0.4 is 5.32 Å². The van der Waals surface area contributed by atoms with Crippen molar-refractivity contribution < 1.29 is 0 Å². The summed E-state index contributed by atoms with van der Waals surface area (Å²) in [5.74, 6) is 2.74. The second-order valence-electron chi connectivity index (χ2n) is 2.48. The molecule has 2 aliphatic rings. The zero-order valence-corrected chi connectivity index (χ0v) is 6.93. The molecule has 0 bridgehead atoms. The molecular formula is C6H11NS2. The maximum atomic E-state index is 3.42. The van der Waals surface area contributed by atoms with Gasteiger partial charge in [-0.15, -0.1) is 0 Å². The minimum atomic E-state index is 0.934. The summed E-state index contributed by atoms with van der Waals surface area (Å²) in [6, 6.07) is 0. The Morgan fingerprint density at radius 3 is 2.11 bits per heavy atom. The maximum Gasteiger partial charge on any atom is 0.0303 e. The van der Waals surface area contributed by atoms with Crippen molar-refractivity contribution in [2.45, 2.75) is 10.5 Å². The van der Waals surface area contributed by atoms with Crippen molar-refractivity contribution in [1.82, 2.24) is 5.32 Å². The van der Waals surface area contributed by atoms with E-state index in [9.17, 15) is 0 Å². The van der Waals surface area contributed by atoms with Gasteiger partial charge in [-0.25, -0.2) is 0 Å². The van der Waals surface area contributed by atoms with Crippen molar-refractivity contribution in [3.8, 4) is 0 Å². The first-order chi connectivity index (χ1) is 4.47. The Kier molecular flexibility index (Phi) is 1.93. The van der Waals surface area contributed by atoms with Gasteiger partial charge in [-0.2, -0.15) is 23.5 Å². The highest BCUT2D eigenvalue weighted by Gasteiger charge is 2.30. The molecule has 2 heterocycles. The molecule has 2 rings (SSSR count). The lowest BCUT2D eigenvalue weighted by atomic mass is 10.4. The van der Waals surface area contributed by atoms with E-state index in [0.29, 0.717) is 0 Å². The van der Waals surface area contributed by atoms with Gasteiger partial charge in [-0.05, 0) is 0 Å². The fourth-order valence-corrected chi connectivity index (χ4v) is 4.30. The van der Waals surface area contributed by atoms with Crippen LogP contribution in [0.5, 0.6) is 0 Å². The summed E-state index contributed by atoms with van der Waals surface area (Å²) < 4.78 is 0. The highest BCUT2D eigenvalue weighted by Crippen LogP contribution is 2.32. The Bertz CT molecular complexity index is 95.2. The molecule has 2 saturated heterocycles. The molecule has 2 unspecified atom stereocenters. The first kappa shape index (κ1) is 6.38. The van der Waals surface area contributed by atoms with Gasteiger partial charge in [0.15, 0.2) is 0 Å². The average Bonchev–Trinajstić information content (AvgIpc) is 2.33. The van der Waals surface area contributed by atoms with E-state index in [1.54, 1.807) is 0 Å². The normalized spacial score (nSPS) is 42.7. The number of thioether (sulfide) groups is 2. The molecule has 0 aliphatic carbocycles. The number of fused-ring (bicyclic) bond motifs is 1. The molecule has 0 radical (unpaired) electrons. The minimum Gasteiger partial charge on any atom is -0.314 e. The first-order valence-corrected chi connectivity index (χ1v) is 5.50. The topological polar surface area (TPSA) is 12.0 Å². The third kappa shape index (κ3) is 1.23. The Balaban J connectivity index is 1.97. The van der Waals surface area contributed by atoms with Gasteiger partial charge < -0.3 is 5.32 Å². The van der Waals surface area contributed by atoms with Crippen molar-refractivity contribution in [2.75, 3.05) is 24.6 Å². The molecule has 3 heteroatoms. The van der Waals surface area contributed by atoms with Crippen LogP contribution in [0.25, 0.3) is 0 Å². The van der Waals surface area contributed by atoms with Gasteiger partial charge in [-0.1, -0.05) is 0 Å². The van der Waals surface area contributed by atoms with Gasteiger partial charge in [-0.3, -0.25) is 0 Å². The summed E-state index contributed by atoms with van der Waals surface area (Å²) in [6.45, 7) is 2.50. The first-order valence-electron chi connectivity index (χ1n) is 3.41. The summed E-state index contributed by atoms with van der Waals surface area (Å²) in [4.78, 5) is 0. The van der Waals surface area contributed by atoms with Crippen LogP contribution in [0.4, 0.5) is 0 Å². The molecule has 9 heavy (non-hydrogen) atoms. The number of nitrogens with one attached hydrogen (secondary N) is 1. The van der Waals surface area contributed by atoms with Crippen LogP contribution in [-0.2, 0) is 0 Å². The molecule has 1 nitrogen and oxygen atoms in total. The highest BCUT2D eigenvalue weighted by atomic mass is 32.2. The number of rotatable bonds is 0. The summed E-state index contributed by atoms with van der Waals surface area (Å²) in [5.41, 5.74) is 0. The lowest BCUT2D eigenvalue weighted by Gasteiger charge is -2.22. The quantitative estimate of drug-likeness (QED) is 0.564. The van der Waals surface area contributed by atoms with Gasteiger partial charge in [0.05, 0.1) is 0 Å². The second kappa shape index (κ2) is 2.72.